The van der Waals surface area contributed by atoms with Crippen molar-refractivity contribution in [3.05, 3.63) is 12.2 Å². The first-order valence-electron chi connectivity index (χ1n) is 15.9. The average molecular weight is 481 g/mol. The quantitative estimate of drug-likeness (QED) is 0.275. The molecule has 0 spiro atoms. The summed E-state index contributed by atoms with van der Waals surface area (Å²) >= 11 is 0. The molecule has 0 amide bonds. The second-order valence-corrected chi connectivity index (χ2v) is 10.6. The summed E-state index contributed by atoms with van der Waals surface area (Å²) in [5.74, 6) is 3.73. The van der Waals surface area contributed by atoms with E-state index in [0.717, 1.165) is 24.2 Å². The Bertz CT molecular complexity index is 403. The van der Waals surface area contributed by atoms with Crippen LogP contribution in [0.3, 0.4) is 0 Å². The molecular formula is C33H68O. The van der Waals surface area contributed by atoms with Crippen LogP contribution in [0.5, 0.6) is 0 Å². The molecule has 0 aromatic carbocycles. The molecule has 0 saturated heterocycles. The molecule has 2 saturated carbocycles. The zero-order valence-electron chi connectivity index (χ0n) is 25.4. The van der Waals surface area contributed by atoms with E-state index in [1.807, 2.05) is 41.5 Å². The maximum atomic E-state index is 10.6. The summed E-state index contributed by atoms with van der Waals surface area (Å²) in [4.78, 5) is 0. The van der Waals surface area contributed by atoms with Crippen molar-refractivity contribution in [3.63, 3.8) is 0 Å². The fourth-order valence-corrected chi connectivity index (χ4v) is 5.75. The summed E-state index contributed by atoms with van der Waals surface area (Å²) in [5.41, 5.74) is 0. The summed E-state index contributed by atoms with van der Waals surface area (Å²) in [5, 5.41) is 10.6. The predicted molar refractivity (Wildman–Crippen MR) is 158 cm³/mol. The van der Waals surface area contributed by atoms with Crippen molar-refractivity contribution in [3.8, 4) is 0 Å². The molecule has 0 heterocycles. The highest BCUT2D eigenvalue weighted by Crippen LogP contribution is 2.31. The van der Waals surface area contributed by atoms with Crippen molar-refractivity contribution >= 4 is 0 Å². The Balaban J connectivity index is 0. The Morgan fingerprint density at radius 1 is 0.706 bits per heavy atom. The summed E-state index contributed by atoms with van der Waals surface area (Å²) < 4.78 is 0. The van der Waals surface area contributed by atoms with Gasteiger partial charge in [0.25, 0.3) is 0 Å². The Morgan fingerprint density at radius 2 is 1.18 bits per heavy atom. The van der Waals surface area contributed by atoms with Crippen LogP contribution in [0.4, 0.5) is 0 Å². The Labute approximate surface area is 218 Å². The molecule has 0 bridgehead atoms. The molecule has 3 unspecified atom stereocenters. The molecule has 2 fully saturated rings. The van der Waals surface area contributed by atoms with Crippen LogP contribution < -0.4 is 0 Å². The number of hydrogen-bond acceptors (Lipinski definition) is 1. The highest BCUT2D eigenvalue weighted by atomic mass is 16.3. The van der Waals surface area contributed by atoms with Crippen LogP contribution in [0.1, 0.15) is 165 Å². The van der Waals surface area contributed by atoms with Gasteiger partial charge >= 0.3 is 0 Å². The smallest absolute Gasteiger partial charge is 0.0748 e. The number of hydrogen-bond donors (Lipinski definition) is 1. The minimum Gasteiger partial charge on any atom is -0.389 e. The van der Waals surface area contributed by atoms with Gasteiger partial charge < -0.3 is 5.11 Å². The lowest BCUT2D eigenvalue weighted by Crippen LogP contribution is -2.23. The average Bonchev–Trinajstić information content (AvgIpc) is 2.90. The van der Waals surface area contributed by atoms with Crippen LogP contribution in [-0.2, 0) is 0 Å². The van der Waals surface area contributed by atoms with Gasteiger partial charge in [-0.05, 0) is 48.9 Å². The zero-order valence-corrected chi connectivity index (χ0v) is 25.4. The van der Waals surface area contributed by atoms with E-state index in [4.69, 9.17) is 0 Å². The largest absolute Gasteiger partial charge is 0.389 e. The van der Waals surface area contributed by atoms with Gasteiger partial charge in [0.15, 0.2) is 0 Å². The highest BCUT2D eigenvalue weighted by Gasteiger charge is 2.21. The maximum Gasteiger partial charge on any atom is 0.0748 e. The molecule has 4 atom stereocenters. The summed E-state index contributed by atoms with van der Waals surface area (Å²) in [6.45, 7) is 19.0. The number of aliphatic hydroxyl groups is 1. The third kappa shape index (κ3) is 18.0. The van der Waals surface area contributed by atoms with E-state index in [-0.39, 0.29) is 6.10 Å². The first-order chi connectivity index (χ1) is 16.6. The second kappa shape index (κ2) is 25.8. The molecule has 1 N–H and O–H groups in total. The van der Waals surface area contributed by atoms with Crippen LogP contribution in [0.2, 0.25) is 0 Å². The first kappa shape index (κ1) is 35.9. The molecular weight excluding hydrogens is 412 g/mol. The molecule has 2 aliphatic rings. The second-order valence-electron chi connectivity index (χ2n) is 10.6. The monoisotopic (exact) mass is 481 g/mol. The van der Waals surface area contributed by atoms with Crippen LogP contribution >= 0.6 is 0 Å². The Morgan fingerprint density at radius 3 is 1.68 bits per heavy atom. The van der Waals surface area contributed by atoms with Crippen LogP contribution in [0, 0.1) is 29.6 Å². The van der Waals surface area contributed by atoms with E-state index < -0.39 is 0 Å². The molecule has 0 radical (unpaired) electrons. The fourth-order valence-electron chi connectivity index (χ4n) is 5.75. The van der Waals surface area contributed by atoms with Gasteiger partial charge in [-0.2, -0.15) is 0 Å². The summed E-state index contributed by atoms with van der Waals surface area (Å²) in [6.07, 6.45) is 26.6. The summed E-state index contributed by atoms with van der Waals surface area (Å²) in [6, 6.07) is 0. The fraction of sp³-hybridized carbons (Fsp3) is 0.939. The Kier molecular flexibility index (Phi) is 27.2. The van der Waals surface area contributed by atoms with Gasteiger partial charge in [0, 0.05) is 0 Å². The molecule has 1 heteroatoms. The molecule has 1 nitrogen and oxygen atoms in total. The van der Waals surface area contributed by atoms with Crippen LogP contribution in [0.15, 0.2) is 12.2 Å². The SMILES string of the molecule is CC.CC.CC.CC(CCCC1CCCCC1)CC(C)C(C)[C@H](O)/C=C/CCC1CCCCC1. The normalized spacial score (nSPS) is 20.5. The van der Waals surface area contributed by atoms with Crippen molar-refractivity contribution in [2.45, 2.75) is 171 Å². The molecule has 0 aliphatic heterocycles. The van der Waals surface area contributed by atoms with E-state index >= 15 is 0 Å². The van der Waals surface area contributed by atoms with Crippen LogP contribution in [-0.4, -0.2) is 11.2 Å². The zero-order chi connectivity index (χ0) is 26.2. The van der Waals surface area contributed by atoms with Gasteiger partial charge in [0.1, 0.15) is 0 Å². The summed E-state index contributed by atoms with van der Waals surface area (Å²) in [7, 11) is 0. The van der Waals surface area contributed by atoms with Crippen molar-refractivity contribution < 1.29 is 5.11 Å². The minimum atomic E-state index is -0.268. The lowest BCUT2D eigenvalue weighted by Gasteiger charge is -2.26. The lowest BCUT2D eigenvalue weighted by atomic mass is 9.81. The molecule has 2 aliphatic carbocycles. The number of aliphatic hydroxyl groups excluding tert-OH is 1. The lowest BCUT2D eigenvalue weighted by molar-refractivity contribution is 0.117. The molecule has 2 rings (SSSR count). The van der Waals surface area contributed by atoms with Crippen molar-refractivity contribution in [1.82, 2.24) is 0 Å². The Hall–Kier alpha value is -0.300. The van der Waals surface area contributed by atoms with Crippen molar-refractivity contribution in [2.75, 3.05) is 0 Å². The number of allylic oxidation sites excluding steroid dienone is 1. The van der Waals surface area contributed by atoms with Gasteiger partial charge in [-0.25, -0.2) is 0 Å². The molecule has 0 aromatic rings. The van der Waals surface area contributed by atoms with Gasteiger partial charge in [-0.15, -0.1) is 0 Å². The van der Waals surface area contributed by atoms with E-state index in [9.17, 15) is 5.11 Å². The third-order valence-electron chi connectivity index (χ3n) is 8.04. The van der Waals surface area contributed by atoms with E-state index in [2.05, 4.69) is 32.9 Å². The minimum absolute atomic E-state index is 0.268. The first-order valence-corrected chi connectivity index (χ1v) is 15.9. The van der Waals surface area contributed by atoms with Gasteiger partial charge in [0.05, 0.1) is 6.10 Å². The topological polar surface area (TPSA) is 20.2 Å². The van der Waals surface area contributed by atoms with Crippen molar-refractivity contribution in [2.24, 2.45) is 29.6 Å². The number of rotatable bonds is 12. The molecule has 34 heavy (non-hydrogen) atoms. The highest BCUT2D eigenvalue weighted by molar-refractivity contribution is 4.92. The standard InChI is InChI=1S/C27H50O.3C2H6/c1-22(13-12-19-26-16-8-5-9-17-26)21-23(2)24(3)27(28)20-11-10-18-25-14-6-4-7-15-25;3*1-2/h11,20,22-28H,4-10,12-19,21H2,1-3H3;3*1-2H3/b20-11+;;;/t22?,23?,24?,27-;;;/m1.../s1. The van der Waals surface area contributed by atoms with E-state index in [1.54, 1.807) is 0 Å². The maximum absolute atomic E-state index is 10.6. The third-order valence-corrected chi connectivity index (χ3v) is 8.04. The van der Waals surface area contributed by atoms with Crippen LogP contribution in [0.25, 0.3) is 0 Å². The molecule has 206 valence electrons. The predicted octanol–water partition coefficient (Wildman–Crippen LogP) is 11.4. The van der Waals surface area contributed by atoms with Gasteiger partial charge in [-0.3, -0.25) is 0 Å². The van der Waals surface area contributed by atoms with Gasteiger partial charge in [-0.1, -0.05) is 158 Å². The van der Waals surface area contributed by atoms with E-state index in [0.29, 0.717) is 11.8 Å². The van der Waals surface area contributed by atoms with E-state index in [1.165, 1.54) is 96.3 Å². The molecule has 0 aromatic heterocycles. The van der Waals surface area contributed by atoms with Gasteiger partial charge in [0.2, 0.25) is 0 Å². The van der Waals surface area contributed by atoms with Crippen molar-refractivity contribution in [1.29, 1.82) is 0 Å².